The first-order valence-electron chi connectivity index (χ1n) is 3.64. The lowest BCUT2D eigenvalue weighted by atomic mass is 10.2. The fourth-order valence-electron chi connectivity index (χ4n) is 0.906. The molecule has 0 aliphatic rings. The number of hydrogen-bond donors (Lipinski definition) is 2. The fraction of sp³-hybridized carbons (Fsp3) is 0.375. The molecule has 0 amide bonds. The highest BCUT2D eigenvalue weighted by atomic mass is 35.5. The average molecular weight is 243 g/mol. The highest BCUT2D eigenvalue weighted by Crippen LogP contribution is 2.11. The van der Waals surface area contributed by atoms with Gasteiger partial charge in [-0.05, 0) is 19.1 Å². The largest absolute Gasteiger partial charge is 0.394 e. The van der Waals surface area contributed by atoms with Crippen LogP contribution in [0.25, 0.3) is 0 Å². The zero-order chi connectivity index (χ0) is 9.14. The van der Waals surface area contributed by atoms with Crippen LogP contribution < -0.4 is 5.73 Å². The minimum Gasteiger partial charge on any atom is -0.394 e. The molecule has 0 radical (unpaired) electrons. The molecule has 0 aliphatic carbocycles. The molecule has 0 aliphatic heterocycles. The molecular formula is C8H13Cl2FN2O. The SMILES string of the molecule is Cc1ccc(F)c([C@H](N)CO)n1.Cl.Cl. The van der Waals surface area contributed by atoms with Gasteiger partial charge in [0.05, 0.1) is 18.3 Å². The van der Waals surface area contributed by atoms with E-state index in [-0.39, 0.29) is 37.1 Å². The van der Waals surface area contributed by atoms with Crippen molar-refractivity contribution in [3.63, 3.8) is 0 Å². The van der Waals surface area contributed by atoms with Gasteiger partial charge in [0.1, 0.15) is 5.82 Å². The van der Waals surface area contributed by atoms with Crippen LogP contribution in [-0.4, -0.2) is 16.7 Å². The Balaban J connectivity index is 0. The second-order valence-corrected chi connectivity index (χ2v) is 2.61. The van der Waals surface area contributed by atoms with E-state index in [0.29, 0.717) is 5.69 Å². The Morgan fingerprint density at radius 1 is 1.50 bits per heavy atom. The van der Waals surface area contributed by atoms with E-state index in [1.807, 2.05) is 0 Å². The molecule has 0 bridgehead atoms. The van der Waals surface area contributed by atoms with Gasteiger partial charge in [-0.15, -0.1) is 24.8 Å². The van der Waals surface area contributed by atoms with Gasteiger partial charge in [-0.3, -0.25) is 4.98 Å². The lowest BCUT2D eigenvalue weighted by molar-refractivity contribution is 0.262. The quantitative estimate of drug-likeness (QED) is 0.824. The number of rotatable bonds is 2. The summed E-state index contributed by atoms with van der Waals surface area (Å²) < 4.78 is 13.0. The number of aliphatic hydroxyl groups is 1. The van der Waals surface area contributed by atoms with Gasteiger partial charge in [-0.2, -0.15) is 0 Å². The van der Waals surface area contributed by atoms with Crippen molar-refractivity contribution < 1.29 is 9.50 Å². The van der Waals surface area contributed by atoms with Crippen LogP contribution >= 0.6 is 24.8 Å². The summed E-state index contributed by atoms with van der Waals surface area (Å²) in [6.07, 6.45) is 0. The van der Waals surface area contributed by atoms with E-state index >= 15 is 0 Å². The number of nitrogens with zero attached hydrogens (tertiary/aromatic N) is 1. The molecule has 1 aromatic rings. The van der Waals surface area contributed by atoms with Crippen LogP contribution in [0.1, 0.15) is 17.4 Å². The van der Waals surface area contributed by atoms with E-state index in [9.17, 15) is 4.39 Å². The van der Waals surface area contributed by atoms with Crippen LogP contribution in [0.5, 0.6) is 0 Å². The molecule has 1 aromatic heterocycles. The Bertz CT molecular complexity index is 286. The molecule has 14 heavy (non-hydrogen) atoms. The summed E-state index contributed by atoms with van der Waals surface area (Å²) in [5, 5.41) is 8.67. The highest BCUT2D eigenvalue weighted by Gasteiger charge is 2.11. The Kier molecular flexibility index (Phi) is 7.96. The van der Waals surface area contributed by atoms with E-state index in [1.165, 1.54) is 6.07 Å². The molecule has 0 fully saturated rings. The maximum Gasteiger partial charge on any atom is 0.146 e. The summed E-state index contributed by atoms with van der Waals surface area (Å²) in [7, 11) is 0. The van der Waals surface area contributed by atoms with Crippen molar-refractivity contribution in [2.45, 2.75) is 13.0 Å². The second-order valence-electron chi connectivity index (χ2n) is 2.61. The monoisotopic (exact) mass is 242 g/mol. The number of aliphatic hydroxyl groups excluding tert-OH is 1. The summed E-state index contributed by atoms with van der Waals surface area (Å²) in [4.78, 5) is 3.88. The van der Waals surface area contributed by atoms with Crippen molar-refractivity contribution in [2.75, 3.05) is 6.61 Å². The van der Waals surface area contributed by atoms with Gasteiger partial charge in [0.15, 0.2) is 0 Å². The molecule has 1 rings (SSSR count). The minimum atomic E-state index is -0.732. The fourth-order valence-corrected chi connectivity index (χ4v) is 0.906. The first kappa shape index (κ1) is 16.0. The van der Waals surface area contributed by atoms with Gasteiger partial charge >= 0.3 is 0 Å². The predicted molar refractivity (Wildman–Crippen MR) is 57.4 cm³/mol. The summed E-state index contributed by atoms with van der Waals surface area (Å²) in [5.74, 6) is -0.470. The van der Waals surface area contributed by atoms with Crippen molar-refractivity contribution in [2.24, 2.45) is 5.73 Å². The summed E-state index contributed by atoms with van der Waals surface area (Å²) in [6, 6.07) is 2.13. The number of pyridine rings is 1. The molecule has 1 heterocycles. The topological polar surface area (TPSA) is 59.1 Å². The average Bonchev–Trinajstić information content (AvgIpc) is 2.08. The van der Waals surface area contributed by atoms with Crippen molar-refractivity contribution in [1.82, 2.24) is 4.98 Å². The van der Waals surface area contributed by atoms with Gasteiger partial charge in [0.2, 0.25) is 0 Å². The number of nitrogens with two attached hydrogens (primary N) is 1. The number of hydrogen-bond acceptors (Lipinski definition) is 3. The zero-order valence-corrected chi connectivity index (χ0v) is 9.24. The molecule has 3 nitrogen and oxygen atoms in total. The van der Waals surface area contributed by atoms with Gasteiger partial charge in [0, 0.05) is 5.69 Å². The standard InChI is InChI=1S/C8H11FN2O.2ClH/c1-5-2-3-6(9)8(11-5)7(10)4-12;;/h2-3,7,12H,4,10H2,1H3;2*1H/t7-;;/m1../s1. The van der Waals surface area contributed by atoms with Gasteiger partial charge in [0.25, 0.3) is 0 Å². The van der Waals surface area contributed by atoms with Gasteiger partial charge < -0.3 is 10.8 Å². The van der Waals surface area contributed by atoms with Crippen LogP contribution in [0.3, 0.4) is 0 Å². The first-order chi connectivity index (χ1) is 5.65. The van der Waals surface area contributed by atoms with Crippen molar-refractivity contribution in [3.05, 3.63) is 29.3 Å². The summed E-state index contributed by atoms with van der Waals surface area (Å²) >= 11 is 0. The Hall–Kier alpha value is -0.420. The minimum absolute atomic E-state index is 0. The van der Waals surface area contributed by atoms with E-state index < -0.39 is 11.9 Å². The van der Waals surface area contributed by atoms with Crippen LogP contribution in [0.15, 0.2) is 12.1 Å². The van der Waals surface area contributed by atoms with Gasteiger partial charge in [-0.25, -0.2) is 4.39 Å². The van der Waals surface area contributed by atoms with Crippen molar-refractivity contribution >= 4 is 24.8 Å². The Morgan fingerprint density at radius 2 is 2.07 bits per heavy atom. The molecule has 6 heteroatoms. The smallest absolute Gasteiger partial charge is 0.146 e. The Labute approximate surface area is 94.4 Å². The molecule has 82 valence electrons. The molecule has 0 unspecified atom stereocenters. The molecule has 1 atom stereocenters. The van der Waals surface area contributed by atoms with Crippen LogP contribution in [-0.2, 0) is 0 Å². The lowest BCUT2D eigenvalue weighted by Gasteiger charge is -2.08. The van der Waals surface area contributed by atoms with Crippen molar-refractivity contribution in [3.8, 4) is 0 Å². The number of aryl methyl sites for hydroxylation is 1. The molecule has 0 saturated heterocycles. The third-order valence-corrected chi connectivity index (χ3v) is 1.56. The van der Waals surface area contributed by atoms with E-state index in [4.69, 9.17) is 10.8 Å². The summed E-state index contributed by atoms with van der Waals surface area (Å²) in [6.45, 7) is 1.44. The Morgan fingerprint density at radius 3 is 2.57 bits per heavy atom. The maximum atomic E-state index is 13.0. The van der Waals surface area contributed by atoms with Gasteiger partial charge in [-0.1, -0.05) is 0 Å². The molecule has 0 spiro atoms. The normalized spacial score (nSPS) is 11.1. The lowest BCUT2D eigenvalue weighted by Crippen LogP contribution is -2.18. The first-order valence-corrected chi connectivity index (χ1v) is 3.64. The third kappa shape index (κ3) is 3.75. The van der Waals surface area contributed by atoms with Crippen LogP contribution in [0, 0.1) is 12.7 Å². The molecule has 0 saturated carbocycles. The van der Waals surface area contributed by atoms with Crippen LogP contribution in [0.4, 0.5) is 4.39 Å². The predicted octanol–water partition coefficient (Wildman–Crippen LogP) is 1.36. The highest BCUT2D eigenvalue weighted by molar-refractivity contribution is 5.85. The van der Waals surface area contributed by atoms with E-state index in [0.717, 1.165) is 0 Å². The number of aromatic nitrogens is 1. The summed E-state index contributed by atoms with van der Waals surface area (Å²) in [5.41, 5.74) is 6.22. The van der Waals surface area contributed by atoms with E-state index in [2.05, 4.69) is 4.98 Å². The molecule has 3 N–H and O–H groups in total. The molecule has 0 aromatic carbocycles. The van der Waals surface area contributed by atoms with E-state index in [1.54, 1.807) is 13.0 Å². The zero-order valence-electron chi connectivity index (χ0n) is 7.61. The van der Waals surface area contributed by atoms with Crippen LogP contribution in [0.2, 0.25) is 0 Å². The number of halogens is 3. The third-order valence-electron chi connectivity index (χ3n) is 1.56. The van der Waals surface area contributed by atoms with Crippen molar-refractivity contribution in [1.29, 1.82) is 0 Å². The maximum absolute atomic E-state index is 13.0. The second kappa shape index (κ2) is 6.95. The molecular weight excluding hydrogens is 230 g/mol.